The number of aromatic amines is 1. The molecule has 0 atom stereocenters. The number of nitriles is 2. The van der Waals surface area contributed by atoms with Crippen molar-refractivity contribution in [1.82, 2.24) is 10.2 Å². The number of fused-ring (bicyclic) bond motifs is 1. The first-order valence-electron chi connectivity index (χ1n) is 12.4. The summed E-state index contributed by atoms with van der Waals surface area (Å²) in [5, 5.41) is 35.7. The molecule has 0 amide bonds. The third kappa shape index (κ3) is 4.76. The number of nitrogens with one attached hydrogen (secondary N) is 1. The number of methoxy groups -OCH3 is 1. The average Bonchev–Trinajstić information content (AvgIpc) is 3.31. The Labute approximate surface area is 224 Å². The average molecular weight is 519 g/mol. The molecule has 1 saturated carbocycles. The number of benzene rings is 3. The van der Waals surface area contributed by atoms with E-state index < -0.39 is 11.9 Å². The van der Waals surface area contributed by atoms with E-state index in [9.17, 15) is 19.7 Å². The van der Waals surface area contributed by atoms with E-state index in [4.69, 9.17) is 9.84 Å². The van der Waals surface area contributed by atoms with Crippen LogP contribution in [0.5, 0.6) is 5.75 Å². The van der Waals surface area contributed by atoms with E-state index >= 15 is 0 Å². The highest BCUT2D eigenvalue weighted by Crippen LogP contribution is 2.47. The number of hydrogen-bond donors (Lipinski definition) is 2. The molecule has 8 heteroatoms. The molecule has 1 aliphatic carbocycles. The second-order valence-electron chi connectivity index (χ2n) is 9.27. The number of carboxylic acid groups (broad SMARTS) is 1. The Balaban J connectivity index is 1.86. The van der Waals surface area contributed by atoms with Crippen LogP contribution in [0.25, 0.3) is 28.1 Å². The van der Waals surface area contributed by atoms with Gasteiger partial charge in [0.1, 0.15) is 11.8 Å². The highest BCUT2D eigenvalue weighted by molar-refractivity contribution is 6.04. The Morgan fingerprint density at radius 2 is 1.85 bits per heavy atom. The molecule has 0 spiro atoms. The molecule has 39 heavy (non-hydrogen) atoms. The zero-order chi connectivity index (χ0) is 27.5. The number of allylic oxidation sites excluding steroid dienone is 1. The minimum atomic E-state index is -1.05. The molecule has 1 heterocycles. The summed E-state index contributed by atoms with van der Waals surface area (Å²) in [6.45, 7) is 0. The van der Waals surface area contributed by atoms with Gasteiger partial charge in [-0.1, -0.05) is 36.8 Å². The lowest BCUT2D eigenvalue weighted by Crippen LogP contribution is -2.16. The van der Waals surface area contributed by atoms with E-state index in [0.717, 1.165) is 42.0 Å². The van der Waals surface area contributed by atoms with Gasteiger partial charge in [0, 0.05) is 11.6 Å². The van der Waals surface area contributed by atoms with Crippen LogP contribution in [0.3, 0.4) is 0 Å². The van der Waals surface area contributed by atoms with Gasteiger partial charge in [-0.25, -0.2) is 4.79 Å². The quantitative estimate of drug-likeness (QED) is 0.218. The van der Waals surface area contributed by atoms with Gasteiger partial charge in [-0.05, 0) is 76.9 Å². The topological polar surface area (TPSA) is 123 Å². The summed E-state index contributed by atoms with van der Waals surface area (Å²) in [5.41, 5.74) is 5.23. The zero-order valence-electron chi connectivity index (χ0n) is 21.0. The summed E-state index contributed by atoms with van der Waals surface area (Å²) >= 11 is 0. The van der Waals surface area contributed by atoms with Crippen molar-refractivity contribution in [2.75, 3.05) is 7.11 Å². The second-order valence-corrected chi connectivity index (χ2v) is 9.27. The minimum Gasteiger partial charge on any atom is -0.497 e. The normalized spacial score (nSPS) is 13.9. The molecule has 0 bridgehead atoms. The molecular formula is C31H23FN4O3. The molecule has 3 aromatic carbocycles. The fourth-order valence-corrected chi connectivity index (χ4v) is 5.01. The maximum atomic E-state index is 14.8. The van der Waals surface area contributed by atoms with Gasteiger partial charge in [0.15, 0.2) is 0 Å². The lowest BCUT2D eigenvalue weighted by molar-refractivity contribution is -0.131. The van der Waals surface area contributed by atoms with Crippen LogP contribution in [0, 0.1) is 34.5 Å². The number of rotatable bonds is 7. The summed E-state index contributed by atoms with van der Waals surface area (Å²) in [7, 11) is 1.54. The maximum Gasteiger partial charge on any atom is 0.328 e. The third-order valence-electron chi connectivity index (χ3n) is 7.10. The number of carboxylic acids is 1. The molecule has 192 valence electrons. The molecule has 0 aliphatic heterocycles. The van der Waals surface area contributed by atoms with Crippen molar-refractivity contribution >= 4 is 34.1 Å². The Bertz CT molecular complexity index is 1730. The van der Waals surface area contributed by atoms with Crippen LogP contribution in [-0.4, -0.2) is 28.4 Å². The predicted molar refractivity (Wildman–Crippen MR) is 145 cm³/mol. The third-order valence-corrected chi connectivity index (χ3v) is 7.10. The molecule has 2 N–H and O–H groups in total. The monoisotopic (exact) mass is 518 g/mol. The summed E-state index contributed by atoms with van der Waals surface area (Å²) in [6, 6.07) is 20.5. The van der Waals surface area contributed by atoms with E-state index in [1.165, 1.54) is 6.08 Å². The van der Waals surface area contributed by atoms with E-state index in [1.54, 1.807) is 43.5 Å². The van der Waals surface area contributed by atoms with Crippen molar-refractivity contribution < 1.29 is 19.0 Å². The van der Waals surface area contributed by atoms with Crippen LogP contribution in [-0.2, 0) is 4.79 Å². The summed E-state index contributed by atoms with van der Waals surface area (Å²) in [5.74, 6) is -1.07. The maximum absolute atomic E-state index is 14.8. The number of carbonyl (C=O) groups is 1. The smallest absolute Gasteiger partial charge is 0.328 e. The van der Waals surface area contributed by atoms with E-state index in [0.29, 0.717) is 33.5 Å². The zero-order valence-corrected chi connectivity index (χ0v) is 21.0. The summed E-state index contributed by atoms with van der Waals surface area (Å²) in [4.78, 5) is 11.0. The Morgan fingerprint density at radius 3 is 2.46 bits per heavy atom. The lowest BCUT2D eigenvalue weighted by atomic mass is 9.71. The predicted octanol–water partition coefficient (Wildman–Crippen LogP) is 6.31. The second kappa shape index (κ2) is 10.6. The standard InChI is InChI=1S/C31H23FN4O3/c1-39-22-10-11-23(21(15-22)16-33)28(19-3-2-4-19)29(20-8-5-18(6-9-20)7-14-27(37)38)24-12-13-26-30(25(24)17-34)31(32)36-35-26/h5-15,19H,2-4H2,1H3,(H,35,36)(H,37,38)/b14-7+,29-28+. The van der Waals surface area contributed by atoms with Crippen LogP contribution in [0.15, 0.2) is 60.7 Å². The molecule has 0 radical (unpaired) electrons. The fourth-order valence-electron chi connectivity index (χ4n) is 5.01. The molecule has 1 fully saturated rings. The van der Waals surface area contributed by atoms with Gasteiger partial charge in [-0.2, -0.15) is 20.0 Å². The number of ether oxygens (including phenoxy) is 1. The van der Waals surface area contributed by atoms with Crippen LogP contribution < -0.4 is 4.74 Å². The SMILES string of the molecule is COc1ccc(/C(=C(\c2ccc(/C=C/C(=O)O)cc2)c2ccc3n[nH]c(F)c3c2C#N)C2CCC2)c(C#N)c1. The van der Waals surface area contributed by atoms with E-state index in [1.807, 2.05) is 18.2 Å². The number of aromatic nitrogens is 2. The van der Waals surface area contributed by atoms with E-state index in [-0.39, 0.29) is 16.9 Å². The number of H-pyrrole nitrogens is 1. The molecule has 1 aromatic heterocycles. The highest BCUT2D eigenvalue weighted by atomic mass is 19.1. The first kappa shape index (κ1) is 25.4. The van der Waals surface area contributed by atoms with E-state index in [2.05, 4.69) is 22.3 Å². The van der Waals surface area contributed by atoms with Gasteiger partial charge in [-0.15, -0.1) is 0 Å². The van der Waals surface area contributed by atoms with Gasteiger partial charge in [0.2, 0.25) is 5.95 Å². The van der Waals surface area contributed by atoms with Crippen molar-refractivity contribution in [3.05, 3.63) is 100 Å². The summed E-state index contributed by atoms with van der Waals surface area (Å²) < 4.78 is 20.2. The first-order chi connectivity index (χ1) is 18.9. The first-order valence-corrected chi connectivity index (χ1v) is 12.4. The molecule has 5 rings (SSSR count). The molecule has 1 aliphatic rings. The number of nitrogens with zero attached hydrogens (tertiary/aromatic N) is 3. The molecule has 7 nitrogen and oxygen atoms in total. The highest BCUT2D eigenvalue weighted by Gasteiger charge is 2.30. The minimum absolute atomic E-state index is 0.108. The molecule has 0 saturated heterocycles. The van der Waals surface area contributed by atoms with Crippen molar-refractivity contribution in [2.45, 2.75) is 19.3 Å². The molecule has 4 aromatic rings. The Hall–Kier alpha value is -5.21. The van der Waals surface area contributed by atoms with Crippen molar-refractivity contribution in [3.63, 3.8) is 0 Å². The van der Waals surface area contributed by atoms with Gasteiger partial charge in [0.05, 0.1) is 35.2 Å². The van der Waals surface area contributed by atoms with Crippen molar-refractivity contribution in [2.24, 2.45) is 5.92 Å². The Morgan fingerprint density at radius 1 is 1.10 bits per heavy atom. The lowest BCUT2D eigenvalue weighted by Gasteiger charge is -2.32. The van der Waals surface area contributed by atoms with Crippen LogP contribution in [0.4, 0.5) is 4.39 Å². The van der Waals surface area contributed by atoms with Crippen molar-refractivity contribution in [3.8, 4) is 17.9 Å². The largest absolute Gasteiger partial charge is 0.497 e. The van der Waals surface area contributed by atoms with Crippen LogP contribution in [0.2, 0.25) is 0 Å². The number of aliphatic carboxylic acids is 1. The number of halogens is 1. The molecule has 0 unspecified atom stereocenters. The Kier molecular flexibility index (Phi) is 6.94. The van der Waals surface area contributed by atoms with Gasteiger partial charge >= 0.3 is 5.97 Å². The fraction of sp³-hybridized carbons (Fsp3) is 0.161. The van der Waals surface area contributed by atoms with Gasteiger partial charge < -0.3 is 9.84 Å². The van der Waals surface area contributed by atoms with Crippen molar-refractivity contribution in [1.29, 1.82) is 10.5 Å². The van der Waals surface area contributed by atoms with Crippen LogP contribution >= 0.6 is 0 Å². The van der Waals surface area contributed by atoms with Gasteiger partial charge in [0.25, 0.3) is 0 Å². The summed E-state index contributed by atoms with van der Waals surface area (Å²) in [6.07, 6.45) is 5.39. The number of hydrogen-bond acceptors (Lipinski definition) is 5. The van der Waals surface area contributed by atoms with Crippen LogP contribution in [0.1, 0.15) is 52.6 Å². The molecular weight excluding hydrogens is 495 g/mol. The van der Waals surface area contributed by atoms with Gasteiger partial charge in [-0.3, -0.25) is 5.10 Å².